The lowest BCUT2D eigenvalue weighted by molar-refractivity contribution is 0.0784. The molecule has 0 aliphatic carbocycles. The van der Waals surface area contributed by atoms with Gasteiger partial charge in [0.15, 0.2) is 11.3 Å². The molecular formula is C25H24N4O2. The van der Waals surface area contributed by atoms with Gasteiger partial charge in [-0.05, 0) is 19.1 Å². The first-order valence-electron chi connectivity index (χ1n) is 10.3. The van der Waals surface area contributed by atoms with Gasteiger partial charge in [0.2, 0.25) is 0 Å². The first kappa shape index (κ1) is 19.2. The normalized spacial score (nSPS) is 25.1. The van der Waals surface area contributed by atoms with Gasteiger partial charge in [-0.25, -0.2) is 9.59 Å². The van der Waals surface area contributed by atoms with Gasteiger partial charge in [-0.15, -0.1) is 0 Å². The van der Waals surface area contributed by atoms with Gasteiger partial charge in [-0.3, -0.25) is 14.7 Å². The second-order valence-electron chi connectivity index (χ2n) is 8.12. The van der Waals surface area contributed by atoms with Crippen molar-refractivity contribution in [2.24, 2.45) is 0 Å². The predicted octanol–water partition coefficient (Wildman–Crippen LogP) is 4.23. The van der Waals surface area contributed by atoms with Crippen molar-refractivity contribution in [2.45, 2.75) is 18.2 Å². The fourth-order valence-corrected chi connectivity index (χ4v) is 5.17. The molecule has 2 saturated heterocycles. The first-order chi connectivity index (χ1) is 14.9. The number of amides is 4. The molecular weight excluding hydrogens is 388 g/mol. The van der Waals surface area contributed by atoms with Crippen LogP contribution in [0.1, 0.15) is 16.7 Å². The molecule has 156 valence electrons. The standard InChI is InChI=1S/C25H24N4O2/c1-18-14-16-21(17-15-18)29-22(30)26-24(19-10-6-4-7-11-19)25(29,20-12-8-5-9-13-20)28(3)23(31)27(24)2/h4-17H,1-3H3,(H,26,30)/t24-,25+/m0/s1. The molecule has 6 heteroatoms. The van der Waals surface area contributed by atoms with Crippen LogP contribution >= 0.6 is 0 Å². The lowest BCUT2D eigenvalue weighted by Crippen LogP contribution is -2.62. The van der Waals surface area contributed by atoms with Crippen molar-refractivity contribution in [1.82, 2.24) is 15.1 Å². The zero-order valence-corrected chi connectivity index (χ0v) is 17.7. The van der Waals surface area contributed by atoms with E-state index in [1.807, 2.05) is 91.9 Å². The summed E-state index contributed by atoms with van der Waals surface area (Å²) in [4.78, 5) is 32.2. The third-order valence-corrected chi connectivity index (χ3v) is 6.54. The maximum atomic E-state index is 13.7. The van der Waals surface area contributed by atoms with Crippen molar-refractivity contribution in [3.05, 3.63) is 102 Å². The number of carbonyl (C=O) groups excluding carboxylic acids is 2. The molecule has 1 N–H and O–H groups in total. The number of nitrogens with zero attached hydrogens (tertiary/aromatic N) is 3. The third kappa shape index (κ3) is 2.27. The van der Waals surface area contributed by atoms with Crippen LogP contribution in [-0.2, 0) is 11.3 Å². The second-order valence-corrected chi connectivity index (χ2v) is 8.12. The maximum absolute atomic E-state index is 13.7. The van der Waals surface area contributed by atoms with Gasteiger partial charge in [0.05, 0.1) is 0 Å². The highest BCUT2D eigenvalue weighted by Gasteiger charge is 2.75. The number of nitrogens with one attached hydrogen (secondary N) is 1. The smallest absolute Gasteiger partial charge is 0.307 e. The van der Waals surface area contributed by atoms with Crippen LogP contribution in [0.15, 0.2) is 84.9 Å². The number of benzene rings is 3. The largest absolute Gasteiger partial charge is 0.326 e. The molecule has 3 aromatic carbocycles. The molecule has 4 amide bonds. The number of aryl methyl sites for hydroxylation is 1. The van der Waals surface area contributed by atoms with Crippen molar-refractivity contribution in [2.75, 3.05) is 19.0 Å². The number of carbonyl (C=O) groups is 2. The summed E-state index contributed by atoms with van der Waals surface area (Å²) in [7, 11) is 3.51. The average molecular weight is 412 g/mol. The van der Waals surface area contributed by atoms with Gasteiger partial charge < -0.3 is 5.32 Å². The van der Waals surface area contributed by atoms with Crippen LogP contribution < -0.4 is 10.2 Å². The van der Waals surface area contributed by atoms with E-state index in [1.54, 1.807) is 28.8 Å². The van der Waals surface area contributed by atoms with E-state index in [0.717, 1.165) is 22.4 Å². The van der Waals surface area contributed by atoms with E-state index < -0.39 is 11.3 Å². The molecule has 2 atom stereocenters. The minimum Gasteiger partial charge on any atom is -0.307 e. The molecule has 31 heavy (non-hydrogen) atoms. The van der Waals surface area contributed by atoms with Crippen molar-refractivity contribution in [3.8, 4) is 0 Å². The fraction of sp³-hybridized carbons (Fsp3) is 0.200. The maximum Gasteiger partial charge on any atom is 0.326 e. The summed E-state index contributed by atoms with van der Waals surface area (Å²) in [5, 5.41) is 3.21. The summed E-state index contributed by atoms with van der Waals surface area (Å²) in [6.45, 7) is 2.01. The Labute approximate surface area is 181 Å². The second kappa shape index (κ2) is 6.60. The van der Waals surface area contributed by atoms with Crippen LogP contribution in [0.5, 0.6) is 0 Å². The predicted molar refractivity (Wildman–Crippen MR) is 119 cm³/mol. The molecule has 2 fully saturated rings. The van der Waals surface area contributed by atoms with E-state index in [0.29, 0.717) is 0 Å². The van der Waals surface area contributed by atoms with Crippen molar-refractivity contribution in [1.29, 1.82) is 0 Å². The van der Waals surface area contributed by atoms with E-state index >= 15 is 0 Å². The molecule has 0 radical (unpaired) electrons. The molecule has 0 bridgehead atoms. The van der Waals surface area contributed by atoms with Crippen LogP contribution in [0.4, 0.5) is 15.3 Å². The van der Waals surface area contributed by atoms with E-state index in [-0.39, 0.29) is 12.1 Å². The SMILES string of the molecule is Cc1ccc(N2C(=O)N[C@@]3(c4ccccc4)N(C)C(=O)N(C)[C@]23c2ccccc2)cc1. The lowest BCUT2D eigenvalue weighted by Gasteiger charge is -2.47. The monoisotopic (exact) mass is 412 g/mol. The molecule has 5 rings (SSSR count). The number of rotatable bonds is 3. The van der Waals surface area contributed by atoms with Crippen LogP contribution in [0.25, 0.3) is 0 Å². The Bertz CT molecular complexity index is 1150. The highest BCUT2D eigenvalue weighted by Crippen LogP contribution is 2.57. The summed E-state index contributed by atoms with van der Waals surface area (Å²) >= 11 is 0. The molecule has 6 nitrogen and oxygen atoms in total. The molecule has 2 heterocycles. The Morgan fingerprint density at radius 3 is 1.84 bits per heavy atom. The van der Waals surface area contributed by atoms with Crippen LogP contribution in [0, 0.1) is 6.92 Å². The summed E-state index contributed by atoms with van der Waals surface area (Å²) < 4.78 is 0. The number of hydrogen-bond acceptors (Lipinski definition) is 2. The number of hydrogen-bond donors (Lipinski definition) is 1. The minimum absolute atomic E-state index is 0.176. The molecule has 0 saturated carbocycles. The third-order valence-electron chi connectivity index (χ3n) is 6.54. The summed E-state index contributed by atoms with van der Waals surface area (Å²) in [5.41, 5.74) is 1.25. The van der Waals surface area contributed by atoms with Gasteiger partial charge in [-0.2, -0.15) is 0 Å². The Hall–Kier alpha value is -3.80. The number of urea groups is 2. The van der Waals surface area contributed by atoms with Crippen molar-refractivity contribution in [3.63, 3.8) is 0 Å². The Kier molecular flexibility index (Phi) is 4.09. The average Bonchev–Trinajstić information content (AvgIpc) is 3.17. The fourth-order valence-electron chi connectivity index (χ4n) is 5.17. The highest BCUT2D eigenvalue weighted by atomic mass is 16.2. The molecule has 0 spiro atoms. The summed E-state index contributed by atoms with van der Waals surface area (Å²) in [5.74, 6) is 0. The number of likely N-dealkylation sites (N-methyl/N-ethyl adjacent to an activating group) is 2. The lowest BCUT2D eigenvalue weighted by atomic mass is 9.80. The zero-order valence-electron chi connectivity index (χ0n) is 17.7. The van der Waals surface area contributed by atoms with Gasteiger partial charge >= 0.3 is 12.1 Å². The van der Waals surface area contributed by atoms with E-state index in [1.165, 1.54) is 0 Å². The number of anilines is 1. The molecule has 2 aliphatic heterocycles. The Balaban J connectivity index is 1.90. The molecule has 3 aromatic rings. The minimum atomic E-state index is -1.13. The van der Waals surface area contributed by atoms with Crippen LogP contribution in [-0.4, -0.2) is 36.0 Å². The van der Waals surface area contributed by atoms with Gasteiger partial charge in [0, 0.05) is 30.9 Å². The molecule has 2 aliphatic rings. The van der Waals surface area contributed by atoms with E-state index in [9.17, 15) is 9.59 Å². The van der Waals surface area contributed by atoms with Crippen molar-refractivity contribution < 1.29 is 9.59 Å². The van der Waals surface area contributed by atoms with Crippen molar-refractivity contribution >= 4 is 17.7 Å². The quantitative estimate of drug-likeness (QED) is 0.700. The van der Waals surface area contributed by atoms with Gasteiger partial charge in [0.1, 0.15) is 0 Å². The summed E-state index contributed by atoms with van der Waals surface area (Å²) in [6.07, 6.45) is 0. The molecule has 0 unspecified atom stereocenters. The van der Waals surface area contributed by atoms with E-state index in [4.69, 9.17) is 0 Å². The molecule has 0 aromatic heterocycles. The first-order valence-corrected chi connectivity index (χ1v) is 10.3. The van der Waals surface area contributed by atoms with Crippen LogP contribution in [0.2, 0.25) is 0 Å². The highest BCUT2D eigenvalue weighted by molar-refractivity contribution is 6.01. The van der Waals surface area contributed by atoms with E-state index in [2.05, 4.69) is 5.32 Å². The Morgan fingerprint density at radius 2 is 1.26 bits per heavy atom. The van der Waals surface area contributed by atoms with Crippen LogP contribution in [0.3, 0.4) is 0 Å². The number of fused-ring (bicyclic) bond motifs is 1. The zero-order chi connectivity index (χ0) is 21.8. The Morgan fingerprint density at radius 1 is 0.710 bits per heavy atom. The van der Waals surface area contributed by atoms with Gasteiger partial charge in [0.25, 0.3) is 0 Å². The topological polar surface area (TPSA) is 55.9 Å². The van der Waals surface area contributed by atoms with Gasteiger partial charge in [-0.1, -0.05) is 78.4 Å². The summed E-state index contributed by atoms with van der Waals surface area (Å²) in [6, 6.07) is 26.8.